The number of nitrogens with zero attached hydrogens (tertiary/aromatic N) is 3. The standard InChI is InChI=1S/C19H18N4O3/c1-14-7-8-15(11-18(14)23(25)26)19(24)20-12-16-5-2-3-6-17(16)13-22-10-4-9-21-22/h2-11H,12-13H2,1H3,(H,20,24). The molecule has 1 heterocycles. The summed E-state index contributed by atoms with van der Waals surface area (Å²) >= 11 is 0. The van der Waals surface area contributed by atoms with Crippen molar-refractivity contribution in [1.82, 2.24) is 15.1 Å². The molecule has 3 aromatic rings. The largest absolute Gasteiger partial charge is 0.348 e. The molecule has 3 rings (SSSR count). The van der Waals surface area contributed by atoms with Gasteiger partial charge in [0.25, 0.3) is 11.6 Å². The van der Waals surface area contributed by atoms with E-state index in [2.05, 4.69) is 10.4 Å². The minimum Gasteiger partial charge on any atom is -0.348 e. The molecule has 7 heteroatoms. The van der Waals surface area contributed by atoms with Crippen LogP contribution in [0, 0.1) is 17.0 Å². The van der Waals surface area contributed by atoms with E-state index in [1.807, 2.05) is 41.2 Å². The predicted octanol–water partition coefficient (Wildman–Crippen LogP) is 3.08. The Morgan fingerprint density at radius 1 is 1.19 bits per heavy atom. The van der Waals surface area contributed by atoms with Crippen molar-refractivity contribution in [3.05, 3.63) is 93.3 Å². The van der Waals surface area contributed by atoms with Crippen LogP contribution in [0.25, 0.3) is 0 Å². The number of nitro groups is 1. The van der Waals surface area contributed by atoms with Crippen molar-refractivity contribution in [2.45, 2.75) is 20.0 Å². The van der Waals surface area contributed by atoms with Gasteiger partial charge in [0.15, 0.2) is 0 Å². The summed E-state index contributed by atoms with van der Waals surface area (Å²) in [5.41, 5.74) is 2.75. The minimum absolute atomic E-state index is 0.0586. The van der Waals surface area contributed by atoms with Crippen molar-refractivity contribution in [2.75, 3.05) is 0 Å². The minimum atomic E-state index is -0.481. The first kappa shape index (κ1) is 17.3. The van der Waals surface area contributed by atoms with Crippen LogP contribution in [0.4, 0.5) is 5.69 Å². The van der Waals surface area contributed by atoms with Crippen molar-refractivity contribution < 1.29 is 9.72 Å². The zero-order valence-corrected chi connectivity index (χ0v) is 14.3. The first-order valence-electron chi connectivity index (χ1n) is 8.12. The SMILES string of the molecule is Cc1ccc(C(=O)NCc2ccccc2Cn2cccn2)cc1[N+](=O)[O-]. The van der Waals surface area contributed by atoms with E-state index in [9.17, 15) is 14.9 Å². The number of rotatable bonds is 6. The zero-order chi connectivity index (χ0) is 18.5. The molecule has 0 radical (unpaired) electrons. The summed E-state index contributed by atoms with van der Waals surface area (Å²) in [6.07, 6.45) is 3.59. The van der Waals surface area contributed by atoms with E-state index in [1.165, 1.54) is 6.07 Å². The highest BCUT2D eigenvalue weighted by atomic mass is 16.6. The van der Waals surface area contributed by atoms with Gasteiger partial charge >= 0.3 is 0 Å². The molecular formula is C19H18N4O3. The second-order valence-electron chi connectivity index (χ2n) is 5.91. The fourth-order valence-electron chi connectivity index (χ4n) is 2.68. The molecule has 0 spiro atoms. The van der Waals surface area contributed by atoms with Gasteiger partial charge in [-0.15, -0.1) is 0 Å². The summed E-state index contributed by atoms with van der Waals surface area (Å²) in [5.74, 6) is -0.345. The van der Waals surface area contributed by atoms with Gasteiger partial charge < -0.3 is 5.32 Å². The number of carbonyl (C=O) groups is 1. The highest BCUT2D eigenvalue weighted by Gasteiger charge is 2.15. The van der Waals surface area contributed by atoms with Crippen LogP contribution in [0.1, 0.15) is 27.0 Å². The summed E-state index contributed by atoms with van der Waals surface area (Å²) in [7, 11) is 0. The highest BCUT2D eigenvalue weighted by Crippen LogP contribution is 2.19. The molecule has 1 N–H and O–H groups in total. The Labute approximate surface area is 150 Å². The van der Waals surface area contributed by atoms with Crippen LogP contribution in [-0.4, -0.2) is 20.6 Å². The van der Waals surface area contributed by atoms with Gasteiger partial charge in [-0.25, -0.2) is 0 Å². The maximum Gasteiger partial charge on any atom is 0.273 e. The Kier molecular flexibility index (Phi) is 5.07. The van der Waals surface area contributed by atoms with Crippen molar-refractivity contribution >= 4 is 11.6 Å². The molecule has 0 fully saturated rings. The van der Waals surface area contributed by atoms with E-state index in [0.717, 1.165) is 11.1 Å². The zero-order valence-electron chi connectivity index (χ0n) is 14.3. The third-order valence-corrected chi connectivity index (χ3v) is 4.12. The number of amides is 1. The summed E-state index contributed by atoms with van der Waals surface area (Å²) in [6, 6.07) is 14.1. The van der Waals surface area contributed by atoms with Gasteiger partial charge in [0.1, 0.15) is 0 Å². The van der Waals surface area contributed by atoms with E-state index in [1.54, 1.807) is 25.3 Å². The Morgan fingerprint density at radius 2 is 1.96 bits per heavy atom. The summed E-state index contributed by atoms with van der Waals surface area (Å²) in [6.45, 7) is 2.58. The molecule has 26 heavy (non-hydrogen) atoms. The Balaban J connectivity index is 1.72. The summed E-state index contributed by atoms with van der Waals surface area (Å²) in [5, 5.41) is 18.1. The maximum atomic E-state index is 12.4. The Bertz CT molecular complexity index is 936. The van der Waals surface area contributed by atoms with Gasteiger partial charge in [-0.3, -0.25) is 19.6 Å². The Hall–Kier alpha value is -3.48. The van der Waals surface area contributed by atoms with E-state index >= 15 is 0 Å². The van der Waals surface area contributed by atoms with Crippen molar-refractivity contribution in [2.24, 2.45) is 0 Å². The number of aromatic nitrogens is 2. The van der Waals surface area contributed by atoms with Crippen LogP contribution >= 0.6 is 0 Å². The van der Waals surface area contributed by atoms with Crippen LogP contribution in [0.3, 0.4) is 0 Å². The molecule has 7 nitrogen and oxygen atoms in total. The number of nitro benzene ring substituents is 1. The lowest BCUT2D eigenvalue weighted by atomic mass is 10.1. The van der Waals surface area contributed by atoms with E-state index in [0.29, 0.717) is 18.7 Å². The third kappa shape index (κ3) is 3.94. The quantitative estimate of drug-likeness (QED) is 0.546. The predicted molar refractivity (Wildman–Crippen MR) is 96.8 cm³/mol. The number of nitrogens with one attached hydrogen (secondary N) is 1. The molecule has 0 aliphatic heterocycles. The fraction of sp³-hybridized carbons (Fsp3) is 0.158. The lowest BCUT2D eigenvalue weighted by Gasteiger charge is -2.11. The van der Waals surface area contributed by atoms with Crippen molar-refractivity contribution in [1.29, 1.82) is 0 Å². The van der Waals surface area contributed by atoms with Gasteiger partial charge in [-0.05, 0) is 30.2 Å². The molecule has 0 bridgehead atoms. The van der Waals surface area contributed by atoms with Crippen LogP contribution in [0.2, 0.25) is 0 Å². The number of benzene rings is 2. The maximum absolute atomic E-state index is 12.4. The molecule has 0 atom stereocenters. The number of hydrogen-bond donors (Lipinski definition) is 1. The number of hydrogen-bond acceptors (Lipinski definition) is 4. The molecule has 132 valence electrons. The van der Waals surface area contributed by atoms with Crippen LogP contribution in [-0.2, 0) is 13.1 Å². The molecule has 1 aromatic heterocycles. The van der Waals surface area contributed by atoms with E-state index in [4.69, 9.17) is 0 Å². The monoisotopic (exact) mass is 350 g/mol. The first-order valence-corrected chi connectivity index (χ1v) is 8.12. The molecule has 0 aliphatic rings. The lowest BCUT2D eigenvalue weighted by Crippen LogP contribution is -2.23. The third-order valence-electron chi connectivity index (χ3n) is 4.12. The number of aryl methyl sites for hydroxylation is 1. The molecule has 0 aliphatic carbocycles. The van der Waals surface area contributed by atoms with E-state index < -0.39 is 4.92 Å². The summed E-state index contributed by atoms with van der Waals surface area (Å²) in [4.78, 5) is 22.9. The van der Waals surface area contributed by atoms with Gasteiger partial charge in [0.05, 0.1) is 11.5 Å². The van der Waals surface area contributed by atoms with Crippen LogP contribution in [0.15, 0.2) is 60.9 Å². The van der Waals surface area contributed by atoms with Crippen molar-refractivity contribution in [3.63, 3.8) is 0 Å². The lowest BCUT2D eigenvalue weighted by molar-refractivity contribution is -0.385. The number of carbonyl (C=O) groups excluding carboxylic acids is 1. The smallest absolute Gasteiger partial charge is 0.273 e. The molecule has 0 saturated carbocycles. The van der Waals surface area contributed by atoms with Crippen LogP contribution in [0.5, 0.6) is 0 Å². The van der Waals surface area contributed by atoms with Crippen molar-refractivity contribution in [3.8, 4) is 0 Å². The highest BCUT2D eigenvalue weighted by molar-refractivity contribution is 5.94. The van der Waals surface area contributed by atoms with Gasteiger partial charge in [0.2, 0.25) is 0 Å². The first-order chi connectivity index (χ1) is 12.5. The topological polar surface area (TPSA) is 90.1 Å². The molecule has 0 saturated heterocycles. The van der Waals surface area contributed by atoms with Gasteiger partial charge in [0, 0.05) is 36.1 Å². The molecule has 1 amide bonds. The van der Waals surface area contributed by atoms with Crippen LogP contribution < -0.4 is 5.32 Å². The molecule has 0 unspecified atom stereocenters. The molecular weight excluding hydrogens is 332 g/mol. The van der Waals surface area contributed by atoms with Gasteiger partial charge in [-0.1, -0.05) is 30.3 Å². The second-order valence-corrected chi connectivity index (χ2v) is 5.91. The fourth-order valence-corrected chi connectivity index (χ4v) is 2.68. The average molecular weight is 350 g/mol. The Morgan fingerprint density at radius 3 is 2.65 bits per heavy atom. The normalized spacial score (nSPS) is 10.5. The second kappa shape index (κ2) is 7.60. The molecule has 2 aromatic carbocycles. The van der Waals surface area contributed by atoms with Gasteiger partial charge in [-0.2, -0.15) is 5.10 Å². The van der Waals surface area contributed by atoms with E-state index in [-0.39, 0.29) is 17.2 Å². The average Bonchev–Trinajstić information content (AvgIpc) is 3.14. The summed E-state index contributed by atoms with van der Waals surface area (Å²) < 4.78 is 1.81.